The zero-order valence-electron chi connectivity index (χ0n) is 11.8. The van der Waals surface area contributed by atoms with Crippen molar-refractivity contribution in [2.45, 2.75) is 19.4 Å². The molecule has 0 saturated heterocycles. The lowest BCUT2D eigenvalue weighted by Gasteiger charge is -2.17. The summed E-state index contributed by atoms with van der Waals surface area (Å²) in [7, 11) is 0. The number of hydrogen-bond donors (Lipinski definition) is 1. The first-order valence-corrected chi connectivity index (χ1v) is 8.22. The molecule has 0 saturated carbocycles. The SMILES string of the molecule is CC[C@@H](Oc1ccc(Cl)cc1)C(=O)Nc1ccc(Br)c(Cl)c1. The monoisotopic (exact) mass is 401 g/mol. The minimum absolute atomic E-state index is 0.226. The number of ether oxygens (including phenoxy) is 1. The normalized spacial score (nSPS) is 11.8. The molecule has 3 nitrogen and oxygen atoms in total. The van der Waals surface area contributed by atoms with Gasteiger partial charge in [0.2, 0.25) is 0 Å². The molecule has 22 heavy (non-hydrogen) atoms. The van der Waals surface area contributed by atoms with E-state index in [0.29, 0.717) is 27.9 Å². The van der Waals surface area contributed by atoms with E-state index < -0.39 is 6.10 Å². The van der Waals surface area contributed by atoms with Gasteiger partial charge in [0.25, 0.3) is 5.91 Å². The summed E-state index contributed by atoms with van der Waals surface area (Å²) < 4.78 is 6.47. The lowest BCUT2D eigenvalue weighted by atomic mass is 10.2. The molecule has 6 heteroatoms. The zero-order chi connectivity index (χ0) is 16.1. The highest BCUT2D eigenvalue weighted by atomic mass is 79.9. The van der Waals surface area contributed by atoms with E-state index in [1.54, 1.807) is 42.5 Å². The van der Waals surface area contributed by atoms with Gasteiger partial charge in [-0.3, -0.25) is 4.79 Å². The standard InChI is InChI=1S/C16H14BrCl2NO2/c1-2-15(22-12-6-3-10(18)4-7-12)16(21)20-11-5-8-13(17)14(19)9-11/h3-9,15H,2H2,1H3,(H,20,21)/t15-/m1/s1. The van der Waals surface area contributed by atoms with Gasteiger partial charge in [-0.05, 0) is 64.8 Å². The van der Waals surface area contributed by atoms with Crippen LogP contribution in [0.15, 0.2) is 46.9 Å². The Labute approximate surface area is 147 Å². The summed E-state index contributed by atoms with van der Waals surface area (Å²) in [5.41, 5.74) is 0.622. The molecule has 0 bridgehead atoms. The third-order valence-electron chi connectivity index (χ3n) is 2.94. The van der Waals surface area contributed by atoms with Crippen LogP contribution in [0.4, 0.5) is 5.69 Å². The summed E-state index contributed by atoms with van der Waals surface area (Å²) >= 11 is 15.1. The molecule has 0 aliphatic rings. The first-order chi connectivity index (χ1) is 10.5. The van der Waals surface area contributed by atoms with E-state index in [4.69, 9.17) is 27.9 Å². The minimum atomic E-state index is -0.594. The first-order valence-electron chi connectivity index (χ1n) is 6.67. The molecule has 0 radical (unpaired) electrons. The topological polar surface area (TPSA) is 38.3 Å². The van der Waals surface area contributed by atoms with Crippen molar-refractivity contribution < 1.29 is 9.53 Å². The third kappa shape index (κ3) is 4.63. The Morgan fingerprint density at radius 2 is 1.91 bits per heavy atom. The van der Waals surface area contributed by atoms with E-state index in [2.05, 4.69) is 21.2 Å². The van der Waals surface area contributed by atoms with Crippen molar-refractivity contribution in [1.29, 1.82) is 0 Å². The van der Waals surface area contributed by atoms with E-state index in [-0.39, 0.29) is 5.91 Å². The van der Waals surface area contributed by atoms with Crippen LogP contribution in [-0.2, 0) is 4.79 Å². The summed E-state index contributed by atoms with van der Waals surface area (Å²) in [6, 6.07) is 12.1. The van der Waals surface area contributed by atoms with Crippen LogP contribution in [0, 0.1) is 0 Å². The molecule has 2 rings (SSSR count). The number of benzene rings is 2. The second-order valence-corrected chi connectivity index (χ2v) is 6.28. The highest BCUT2D eigenvalue weighted by molar-refractivity contribution is 9.10. The smallest absolute Gasteiger partial charge is 0.265 e. The van der Waals surface area contributed by atoms with Crippen LogP contribution in [0.1, 0.15) is 13.3 Å². The summed E-state index contributed by atoms with van der Waals surface area (Å²) in [5.74, 6) is 0.371. The van der Waals surface area contributed by atoms with Crippen molar-refractivity contribution in [2.75, 3.05) is 5.32 Å². The fourth-order valence-electron chi connectivity index (χ4n) is 1.80. The van der Waals surface area contributed by atoms with Crippen LogP contribution in [0.3, 0.4) is 0 Å². The van der Waals surface area contributed by atoms with E-state index in [1.807, 2.05) is 6.92 Å². The number of carbonyl (C=O) groups excluding carboxylic acids is 1. The number of rotatable bonds is 5. The van der Waals surface area contributed by atoms with Crippen molar-refractivity contribution in [3.63, 3.8) is 0 Å². The maximum atomic E-state index is 12.3. The molecule has 2 aromatic rings. The molecular formula is C16H14BrCl2NO2. The summed E-state index contributed by atoms with van der Waals surface area (Å²) in [6.45, 7) is 1.88. The van der Waals surface area contributed by atoms with Crippen molar-refractivity contribution in [2.24, 2.45) is 0 Å². The van der Waals surface area contributed by atoms with Gasteiger partial charge in [0.15, 0.2) is 6.10 Å². The van der Waals surface area contributed by atoms with Gasteiger partial charge in [-0.15, -0.1) is 0 Å². The number of halogens is 3. The molecule has 0 aliphatic carbocycles. The van der Waals surface area contributed by atoms with Crippen molar-refractivity contribution >= 4 is 50.7 Å². The van der Waals surface area contributed by atoms with Crippen LogP contribution in [0.5, 0.6) is 5.75 Å². The fraction of sp³-hybridized carbons (Fsp3) is 0.188. The molecule has 116 valence electrons. The van der Waals surface area contributed by atoms with Gasteiger partial charge in [-0.1, -0.05) is 30.1 Å². The molecule has 0 aromatic heterocycles. The third-order valence-corrected chi connectivity index (χ3v) is 4.43. The lowest BCUT2D eigenvalue weighted by molar-refractivity contribution is -0.122. The molecule has 0 unspecified atom stereocenters. The van der Waals surface area contributed by atoms with Gasteiger partial charge in [0, 0.05) is 15.2 Å². The second-order valence-electron chi connectivity index (χ2n) is 4.59. The molecule has 2 aromatic carbocycles. The molecule has 1 amide bonds. The molecule has 0 aliphatic heterocycles. The minimum Gasteiger partial charge on any atom is -0.481 e. The highest BCUT2D eigenvalue weighted by Gasteiger charge is 2.18. The van der Waals surface area contributed by atoms with E-state index >= 15 is 0 Å². The Kier molecular flexibility index (Phi) is 6.12. The summed E-state index contributed by atoms with van der Waals surface area (Å²) in [4.78, 5) is 12.3. The molecule has 0 fully saturated rings. The van der Waals surface area contributed by atoms with E-state index in [0.717, 1.165) is 4.47 Å². The highest BCUT2D eigenvalue weighted by Crippen LogP contribution is 2.26. The number of carbonyl (C=O) groups is 1. The van der Waals surface area contributed by atoms with Crippen molar-refractivity contribution in [3.8, 4) is 5.75 Å². The second kappa shape index (κ2) is 7.86. The van der Waals surface area contributed by atoms with Gasteiger partial charge < -0.3 is 10.1 Å². The van der Waals surface area contributed by atoms with E-state index in [9.17, 15) is 4.79 Å². The van der Waals surface area contributed by atoms with Gasteiger partial charge in [-0.2, -0.15) is 0 Å². The van der Waals surface area contributed by atoms with Crippen molar-refractivity contribution in [1.82, 2.24) is 0 Å². The Morgan fingerprint density at radius 3 is 2.50 bits per heavy atom. The van der Waals surface area contributed by atoms with Crippen LogP contribution in [-0.4, -0.2) is 12.0 Å². The molecule has 1 N–H and O–H groups in total. The predicted octanol–water partition coefficient (Wildman–Crippen LogP) is 5.55. The summed E-state index contributed by atoms with van der Waals surface area (Å²) in [5, 5.41) is 3.95. The van der Waals surface area contributed by atoms with Gasteiger partial charge in [0.05, 0.1) is 5.02 Å². The maximum absolute atomic E-state index is 12.3. The maximum Gasteiger partial charge on any atom is 0.265 e. The van der Waals surface area contributed by atoms with Gasteiger partial charge in [0.1, 0.15) is 5.75 Å². The molecule has 0 spiro atoms. The van der Waals surface area contributed by atoms with E-state index in [1.165, 1.54) is 0 Å². The van der Waals surface area contributed by atoms with Crippen LogP contribution in [0.25, 0.3) is 0 Å². The first kappa shape index (κ1) is 17.1. The number of nitrogens with one attached hydrogen (secondary N) is 1. The Hall–Kier alpha value is -1.23. The van der Waals surface area contributed by atoms with Crippen LogP contribution in [0.2, 0.25) is 10.0 Å². The molecule has 0 heterocycles. The Morgan fingerprint density at radius 1 is 1.23 bits per heavy atom. The quantitative estimate of drug-likeness (QED) is 0.711. The molecule has 1 atom stereocenters. The number of anilines is 1. The average molecular weight is 403 g/mol. The van der Waals surface area contributed by atoms with Gasteiger partial charge in [-0.25, -0.2) is 0 Å². The fourth-order valence-corrected chi connectivity index (χ4v) is 2.35. The van der Waals surface area contributed by atoms with Crippen LogP contribution >= 0.6 is 39.1 Å². The Balaban J connectivity index is 2.04. The zero-order valence-corrected chi connectivity index (χ0v) is 14.9. The lowest BCUT2D eigenvalue weighted by Crippen LogP contribution is -2.32. The van der Waals surface area contributed by atoms with Crippen molar-refractivity contribution in [3.05, 3.63) is 57.0 Å². The number of amides is 1. The average Bonchev–Trinajstić information content (AvgIpc) is 2.50. The largest absolute Gasteiger partial charge is 0.481 e. The number of hydrogen-bond acceptors (Lipinski definition) is 2. The van der Waals surface area contributed by atoms with Gasteiger partial charge >= 0.3 is 0 Å². The molecular weight excluding hydrogens is 389 g/mol. The summed E-state index contributed by atoms with van der Waals surface area (Å²) in [6.07, 6.45) is -0.0535. The van der Waals surface area contributed by atoms with Crippen LogP contribution < -0.4 is 10.1 Å². The predicted molar refractivity (Wildman–Crippen MR) is 93.9 cm³/mol. The Bertz CT molecular complexity index is 662.